The average molecular weight is 518 g/mol. The van der Waals surface area contributed by atoms with Crippen LogP contribution in [0.15, 0.2) is 126 Å². The zero-order valence-electron chi connectivity index (χ0n) is 21.3. The Morgan fingerprint density at radius 3 is 2.23 bits per heavy atom. The predicted molar refractivity (Wildman–Crippen MR) is 165 cm³/mol. The molecule has 0 saturated heterocycles. The molecule has 0 aliphatic heterocycles. The number of para-hydroxylation sites is 1. The van der Waals surface area contributed by atoms with Crippen LogP contribution in [0.4, 0.5) is 0 Å². The van der Waals surface area contributed by atoms with E-state index in [9.17, 15) is 0 Å². The Bertz CT molecular complexity index is 2190. The fraction of sp³-hybridized carbons (Fsp3) is 0.0278. The lowest BCUT2D eigenvalue weighted by Crippen LogP contribution is -1.90. The van der Waals surface area contributed by atoms with Crippen molar-refractivity contribution in [2.75, 3.05) is 0 Å². The first-order chi connectivity index (χ1) is 19.2. The third-order valence-corrected chi connectivity index (χ3v) is 8.91. The highest BCUT2D eigenvalue weighted by atomic mass is 32.1. The van der Waals surface area contributed by atoms with Crippen LogP contribution in [0.25, 0.3) is 75.6 Å². The molecule has 0 saturated carbocycles. The summed E-state index contributed by atoms with van der Waals surface area (Å²) in [6, 6.07) is 40.8. The predicted octanol–water partition coefficient (Wildman–Crippen LogP) is 10.7. The van der Waals surface area contributed by atoms with Crippen molar-refractivity contribution in [2.45, 2.75) is 6.92 Å². The molecule has 39 heavy (non-hydrogen) atoms. The molecule has 0 aliphatic carbocycles. The van der Waals surface area contributed by atoms with E-state index in [1.807, 2.05) is 23.6 Å². The van der Waals surface area contributed by atoms with E-state index in [2.05, 4.69) is 116 Å². The molecule has 0 fully saturated rings. The molecule has 0 aliphatic rings. The summed E-state index contributed by atoms with van der Waals surface area (Å²) in [6.07, 6.45) is 1.98. The van der Waals surface area contributed by atoms with Crippen molar-refractivity contribution in [3.8, 4) is 33.5 Å². The second-order valence-corrected chi connectivity index (χ2v) is 11.1. The number of fused-ring (bicyclic) bond motifs is 6. The van der Waals surface area contributed by atoms with Crippen LogP contribution in [-0.4, -0.2) is 4.98 Å². The van der Waals surface area contributed by atoms with Gasteiger partial charge >= 0.3 is 0 Å². The van der Waals surface area contributed by atoms with Crippen molar-refractivity contribution in [3.63, 3.8) is 0 Å². The smallest absolute Gasteiger partial charge is 0.144 e. The van der Waals surface area contributed by atoms with E-state index in [0.717, 1.165) is 38.8 Å². The van der Waals surface area contributed by atoms with Crippen LogP contribution in [0, 0.1) is 6.92 Å². The Kier molecular flexibility index (Phi) is 4.94. The number of aromatic nitrogens is 1. The zero-order valence-corrected chi connectivity index (χ0v) is 22.1. The van der Waals surface area contributed by atoms with Crippen molar-refractivity contribution < 1.29 is 4.42 Å². The fourth-order valence-electron chi connectivity index (χ4n) is 5.77. The molecular formula is C36H23NOS. The lowest BCUT2D eigenvalue weighted by molar-refractivity contribution is 0.670. The topological polar surface area (TPSA) is 26.0 Å². The lowest BCUT2D eigenvalue weighted by atomic mass is 9.99. The van der Waals surface area contributed by atoms with E-state index in [1.165, 1.54) is 42.4 Å². The summed E-state index contributed by atoms with van der Waals surface area (Å²) in [4.78, 5) is 4.87. The second-order valence-electron chi connectivity index (χ2n) is 10.0. The zero-order chi connectivity index (χ0) is 25.9. The van der Waals surface area contributed by atoms with Crippen molar-refractivity contribution in [2.24, 2.45) is 0 Å². The van der Waals surface area contributed by atoms with Gasteiger partial charge in [0.1, 0.15) is 11.2 Å². The number of hydrogen-bond acceptors (Lipinski definition) is 3. The Labute approximate surface area is 229 Å². The lowest BCUT2D eigenvalue weighted by Gasteiger charge is -2.08. The number of benzene rings is 5. The highest BCUT2D eigenvalue weighted by Gasteiger charge is 2.16. The molecule has 0 radical (unpaired) electrons. The summed E-state index contributed by atoms with van der Waals surface area (Å²) < 4.78 is 9.22. The van der Waals surface area contributed by atoms with Gasteiger partial charge in [-0.1, -0.05) is 84.9 Å². The first kappa shape index (κ1) is 22.3. The van der Waals surface area contributed by atoms with Crippen molar-refractivity contribution in [1.29, 1.82) is 0 Å². The standard InChI is InChI=1S/C36H23NOS/c1-22-19-32(37-21-31(22)23-9-3-2-4-10-23)30-15-8-13-28-26-18-17-24(20-33(26)38-35(28)30)25-12-7-14-29-27-11-5-6-16-34(27)39-36(25)29/h2-21H,1H3. The van der Waals surface area contributed by atoms with Crippen molar-refractivity contribution in [3.05, 3.63) is 127 Å². The average Bonchev–Trinajstić information content (AvgIpc) is 3.55. The summed E-state index contributed by atoms with van der Waals surface area (Å²) in [5.74, 6) is 0. The number of thiophene rings is 1. The minimum atomic E-state index is 0.879. The van der Waals surface area contributed by atoms with E-state index < -0.39 is 0 Å². The maximum Gasteiger partial charge on any atom is 0.144 e. The number of aryl methyl sites for hydroxylation is 1. The van der Waals surface area contributed by atoms with E-state index in [-0.39, 0.29) is 0 Å². The van der Waals surface area contributed by atoms with Gasteiger partial charge in [0.05, 0.1) is 5.69 Å². The second kappa shape index (κ2) is 8.65. The number of pyridine rings is 1. The molecule has 0 spiro atoms. The van der Waals surface area contributed by atoms with E-state index >= 15 is 0 Å². The fourth-order valence-corrected chi connectivity index (χ4v) is 7.00. The summed E-state index contributed by atoms with van der Waals surface area (Å²) >= 11 is 1.86. The highest BCUT2D eigenvalue weighted by Crippen LogP contribution is 2.42. The maximum atomic E-state index is 6.59. The Morgan fingerprint density at radius 2 is 1.36 bits per heavy atom. The third kappa shape index (κ3) is 3.51. The Morgan fingerprint density at radius 1 is 0.590 bits per heavy atom. The molecular weight excluding hydrogens is 494 g/mol. The number of furan rings is 1. The Balaban J connectivity index is 1.27. The van der Waals surface area contributed by atoms with Crippen molar-refractivity contribution in [1.82, 2.24) is 4.98 Å². The number of hydrogen-bond donors (Lipinski definition) is 0. The van der Waals surface area contributed by atoms with E-state index in [4.69, 9.17) is 9.40 Å². The molecule has 0 unspecified atom stereocenters. The van der Waals surface area contributed by atoms with Crippen LogP contribution in [0.1, 0.15) is 5.56 Å². The van der Waals surface area contributed by atoms with Gasteiger partial charge in [0.2, 0.25) is 0 Å². The van der Waals surface area contributed by atoms with Gasteiger partial charge < -0.3 is 4.42 Å². The number of nitrogens with zero attached hydrogens (tertiary/aromatic N) is 1. The Hall–Kier alpha value is -4.73. The summed E-state index contributed by atoms with van der Waals surface area (Å²) in [7, 11) is 0. The monoisotopic (exact) mass is 517 g/mol. The van der Waals surface area contributed by atoms with Crippen molar-refractivity contribution >= 4 is 53.4 Å². The van der Waals surface area contributed by atoms with Crippen LogP contribution in [0.2, 0.25) is 0 Å². The van der Waals surface area contributed by atoms with Gasteiger partial charge in [-0.3, -0.25) is 4.98 Å². The molecule has 3 heteroatoms. The van der Waals surface area contributed by atoms with Gasteiger partial charge in [0.25, 0.3) is 0 Å². The highest BCUT2D eigenvalue weighted by molar-refractivity contribution is 7.26. The van der Waals surface area contributed by atoms with Crippen LogP contribution >= 0.6 is 11.3 Å². The molecule has 0 N–H and O–H groups in total. The summed E-state index contributed by atoms with van der Waals surface area (Å²) in [6.45, 7) is 2.15. The largest absolute Gasteiger partial charge is 0.455 e. The molecule has 0 atom stereocenters. The molecule has 0 bridgehead atoms. The minimum Gasteiger partial charge on any atom is -0.455 e. The van der Waals surface area contributed by atoms with Gasteiger partial charge in [0.15, 0.2) is 0 Å². The van der Waals surface area contributed by atoms with Crippen LogP contribution in [0.5, 0.6) is 0 Å². The molecule has 8 rings (SSSR count). The molecule has 3 aromatic heterocycles. The SMILES string of the molecule is Cc1cc(-c2cccc3c2oc2cc(-c4cccc5c4sc4ccccc45)ccc23)ncc1-c1ccccc1. The van der Waals surface area contributed by atoms with Crippen LogP contribution in [-0.2, 0) is 0 Å². The van der Waals surface area contributed by atoms with Gasteiger partial charge in [-0.2, -0.15) is 0 Å². The summed E-state index contributed by atoms with van der Waals surface area (Å²) in [5, 5.41) is 4.85. The molecule has 3 heterocycles. The summed E-state index contributed by atoms with van der Waals surface area (Å²) in [5.41, 5.74) is 9.64. The van der Waals surface area contributed by atoms with E-state index in [1.54, 1.807) is 0 Å². The molecule has 8 aromatic rings. The quantitative estimate of drug-likeness (QED) is 0.233. The normalized spacial score (nSPS) is 11.7. The first-order valence-electron chi connectivity index (χ1n) is 13.1. The third-order valence-electron chi connectivity index (χ3n) is 7.69. The van der Waals surface area contributed by atoms with Crippen LogP contribution < -0.4 is 0 Å². The minimum absolute atomic E-state index is 0.879. The van der Waals surface area contributed by atoms with E-state index in [0.29, 0.717) is 0 Å². The van der Waals surface area contributed by atoms with Crippen LogP contribution in [0.3, 0.4) is 0 Å². The molecule has 5 aromatic carbocycles. The first-order valence-corrected chi connectivity index (χ1v) is 13.9. The maximum absolute atomic E-state index is 6.59. The number of rotatable bonds is 3. The van der Waals surface area contributed by atoms with Gasteiger partial charge in [-0.15, -0.1) is 11.3 Å². The van der Waals surface area contributed by atoms with Gasteiger partial charge in [0, 0.05) is 48.3 Å². The van der Waals surface area contributed by atoms with Gasteiger partial charge in [-0.05, 0) is 59.5 Å². The molecule has 2 nitrogen and oxygen atoms in total. The molecule has 0 amide bonds. The van der Waals surface area contributed by atoms with Gasteiger partial charge in [-0.25, -0.2) is 0 Å². The molecule has 184 valence electrons.